The molecule has 1 atom stereocenters. The first kappa shape index (κ1) is 18.7. The summed E-state index contributed by atoms with van der Waals surface area (Å²) in [4.78, 5) is 6.66. The number of rotatable bonds is 7. The lowest BCUT2D eigenvalue weighted by molar-refractivity contribution is 0.105. The highest BCUT2D eigenvalue weighted by molar-refractivity contribution is 5.59. The van der Waals surface area contributed by atoms with Gasteiger partial charge in [0, 0.05) is 18.7 Å². The van der Waals surface area contributed by atoms with E-state index in [1.54, 1.807) is 16.8 Å². The lowest BCUT2D eigenvalue weighted by Gasteiger charge is -2.12. The van der Waals surface area contributed by atoms with Crippen LogP contribution in [-0.4, -0.2) is 54.0 Å². The summed E-state index contributed by atoms with van der Waals surface area (Å²) in [5.41, 5.74) is 0.447. The molecule has 1 aliphatic heterocycles. The van der Waals surface area contributed by atoms with Crippen LogP contribution in [0.1, 0.15) is 36.8 Å². The Morgan fingerprint density at radius 1 is 1.38 bits per heavy atom. The van der Waals surface area contributed by atoms with Crippen molar-refractivity contribution in [2.24, 2.45) is 0 Å². The highest BCUT2D eigenvalue weighted by Crippen LogP contribution is 2.34. The van der Waals surface area contributed by atoms with Crippen molar-refractivity contribution in [3.8, 4) is 17.1 Å². The Hall–Kier alpha value is -2.06. The number of alkyl halides is 2. The third kappa shape index (κ3) is 4.02. The average Bonchev–Trinajstić information content (AvgIpc) is 3.28. The van der Waals surface area contributed by atoms with Crippen LogP contribution in [0.2, 0.25) is 0 Å². The predicted octanol–water partition coefficient (Wildman–Crippen LogP) is 3.30. The first-order valence-electron chi connectivity index (χ1n) is 8.67. The Kier molecular flexibility index (Phi) is 5.83. The quantitative estimate of drug-likeness (QED) is 0.753. The van der Waals surface area contributed by atoms with Gasteiger partial charge in [-0.2, -0.15) is 5.10 Å². The fourth-order valence-corrected chi connectivity index (χ4v) is 2.99. The van der Waals surface area contributed by atoms with Crippen molar-refractivity contribution in [2.45, 2.75) is 31.9 Å². The summed E-state index contributed by atoms with van der Waals surface area (Å²) < 4.78 is 39.2. The van der Waals surface area contributed by atoms with Crippen LogP contribution in [0.15, 0.2) is 18.2 Å². The summed E-state index contributed by atoms with van der Waals surface area (Å²) in [6, 6.07) is 4.71. The largest absolute Gasteiger partial charge is 0.496 e. The molecule has 26 heavy (non-hydrogen) atoms. The molecule has 1 unspecified atom stereocenters. The second-order valence-electron chi connectivity index (χ2n) is 6.58. The van der Waals surface area contributed by atoms with Gasteiger partial charge in [0.1, 0.15) is 11.9 Å². The number of nitrogens with zero attached hydrogens (tertiary/aromatic N) is 4. The Labute approximate surface area is 151 Å². The van der Waals surface area contributed by atoms with Gasteiger partial charge in [0.25, 0.3) is 6.43 Å². The average molecular weight is 366 g/mol. The molecule has 142 valence electrons. The number of benzene rings is 1. The Bertz CT molecular complexity index is 743. The summed E-state index contributed by atoms with van der Waals surface area (Å²) >= 11 is 0. The van der Waals surface area contributed by atoms with Gasteiger partial charge < -0.3 is 14.4 Å². The number of hydrogen-bond donors (Lipinski definition) is 0. The lowest BCUT2D eigenvalue weighted by Crippen LogP contribution is -2.19. The second kappa shape index (κ2) is 8.09. The molecule has 1 aromatic carbocycles. The van der Waals surface area contributed by atoms with E-state index >= 15 is 0 Å². The molecule has 2 aromatic rings. The molecule has 0 aliphatic carbocycles. The molecule has 1 saturated heterocycles. The number of ether oxygens (including phenoxy) is 2. The number of halogens is 2. The summed E-state index contributed by atoms with van der Waals surface area (Å²) in [6.07, 6.45) is -0.894. The van der Waals surface area contributed by atoms with E-state index < -0.39 is 6.43 Å². The van der Waals surface area contributed by atoms with Crippen LogP contribution in [0.5, 0.6) is 5.75 Å². The Balaban J connectivity index is 2.00. The van der Waals surface area contributed by atoms with E-state index in [1.165, 1.54) is 13.2 Å². The molecular formula is C18H24F2N4O2. The molecular weight excluding hydrogens is 342 g/mol. The van der Waals surface area contributed by atoms with Crippen LogP contribution in [-0.2, 0) is 11.3 Å². The molecule has 0 N–H and O–H groups in total. The minimum absolute atomic E-state index is 0.123. The van der Waals surface area contributed by atoms with Crippen LogP contribution in [0.25, 0.3) is 11.4 Å². The molecule has 1 aliphatic rings. The number of aromatic nitrogens is 3. The van der Waals surface area contributed by atoms with Crippen LogP contribution < -0.4 is 4.74 Å². The maximum atomic E-state index is 13.4. The van der Waals surface area contributed by atoms with Gasteiger partial charge in [0.05, 0.1) is 19.2 Å². The first-order chi connectivity index (χ1) is 12.5. The first-order valence-corrected chi connectivity index (χ1v) is 8.67. The molecule has 1 aromatic heterocycles. The maximum absolute atomic E-state index is 13.4. The monoisotopic (exact) mass is 366 g/mol. The summed E-state index contributed by atoms with van der Waals surface area (Å²) in [7, 11) is 5.33. The van der Waals surface area contributed by atoms with Gasteiger partial charge in [-0.25, -0.2) is 18.4 Å². The minimum atomic E-state index is -2.62. The van der Waals surface area contributed by atoms with E-state index in [9.17, 15) is 8.78 Å². The van der Waals surface area contributed by atoms with Gasteiger partial charge in [-0.3, -0.25) is 0 Å². The predicted molar refractivity (Wildman–Crippen MR) is 93.4 cm³/mol. The molecule has 3 rings (SSSR count). The number of hydrogen-bond acceptors (Lipinski definition) is 5. The van der Waals surface area contributed by atoms with Crippen LogP contribution in [0, 0.1) is 0 Å². The highest BCUT2D eigenvalue weighted by Gasteiger charge is 2.25. The van der Waals surface area contributed by atoms with Gasteiger partial charge in [-0.15, -0.1) is 0 Å². The molecule has 0 spiro atoms. The van der Waals surface area contributed by atoms with Gasteiger partial charge >= 0.3 is 0 Å². The zero-order valence-electron chi connectivity index (χ0n) is 15.3. The summed E-state index contributed by atoms with van der Waals surface area (Å²) in [5.74, 6) is 1.36. The van der Waals surface area contributed by atoms with E-state index in [0.717, 1.165) is 19.4 Å². The maximum Gasteiger partial charge on any atom is 0.267 e. The van der Waals surface area contributed by atoms with Gasteiger partial charge in [-0.05, 0) is 45.1 Å². The van der Waals surface area contributed by atoms with Crippen LogP contribution in [0.3, 0.4) is 0 Å². The van der Waals surface area contributed by atoms with Crippen molar-refractivity contribution in [3.63, 3.8) is 0 Å². The molecule has 0 amide bonds. The smallest absolute Gasteiger partial charge is 0.267 e. The lowest BCUT2D eigenvalue weighted by atomic mass is 10.1. The highest BCUT2D eigenvalue weighted by atomic mass is 19.3. The van der Waals surface area contributed by atoms with Crippen molar-refractivity contribution >= 4 is 0 Å². The standard InChI is InChI=1S/C18H24F2N4O2/c1-23(2)8-9-24-18(21-17(22-24)15-5-4-10-26-15)12-6-7-14(25-3)13(11-12)16(19)20/h6-7,11,15-16H,4-5,8-10H2,1-3H3. The molecule has 0 bridgehead atoms. The Morgan fingerprint density at radius 2 is 2.19 bits per heavy atom. The minimum Gasteiger partial charge on any atom is -0.496 e. The Morgan fingerprint density at radius 3 is 2.81 bits per heavy atom. The number of likely N-dealkylation sites (N-methyl/N-ethyl adjacent to an activating group) is 1. The van der Waals surface area contributed by atoms with Crippen molar-refractivity contribution in [1.82, 2.24) is 19.7 Å². The molecule has 2 heterocycles. The molecule has 8 heteroatoms. The zero-order valence-corrected chi connectivity index (χ0v) is 15.3. The van der Waals surface area contributed by atoms with Crippen LogP contribution >= 0.6 is 0 Å². The van der Waals surface area contributed by atoms with E-state index in [-0.39, 0.29) is 17.4 Å². The van der Waals surface area contributed by atoms with E-state index in [0.29, 0.717) is 30.4 Å². The zero-order chi connectivity index (χ0) is 18.7. The van der Waals surface area contributed by atoms with Gasteiger partial charge in [0.2, 0.25) is 0 Å². The molecule has 0 saturated carbocycles. The normalized spacial score (nSPS) is 17.4. The fourth-order valence-electron chi connectivity index (χ4n) is 2.99. The molecule has 1 fully saturated rings. The van der Waals surface area contributed by atoms with Crippen molar-refractivity contribution in [3.05, 3.63) is 29.6 Å². The van der Waals surface area contributed by atoms with Crippen molar-refractivity contribution in [2.75, 3.05) is 34.4 Å². The SMILES string of the molecule is COc1ccc(-c2nc(C3CCCO3)nn2CCN(C)C)cc1C(F)F. The third-order valence-electron chi connectivity index (χ3n) is 4.39. The molecule has 6 nitrogen and oxygen atoms in total. The molecule has 0 radical (unpaired) electrons. The van der Waals surface area contributed by atoms with E-state index in [2.05, 4.69) is 10.1 Å². The second-order valence-corrected chi connectivity index (χ2v) is 6.58. The van der Waals surface area contributed by atoms with Gasteiger partial charge in [-0.1, -0.05) is 0 Å². The van der Waals surface area contributed by atoms with E-state index in [4.69, 9.17) is 9.47 Å². The van der Waals surface area contributed by atoms with Crippen molar-refractivity contribution < 1.29 is 18.3 Å². The number of methoxy groups -OCH3 is 1. The third-order valence-corrected chi connectivity index (χ3v) is 4.39. The summed E-state index contributed by atoms with van der Waals surface area (Å²) in [5, 5.41) is 4.59. The van der Waals surface area contributed by atoms with E-state index in [1.807, 2.05) is 19.0 Å². The topological polar surface area (TPSA) is 52.4 Å². The van der Waals surface area contributed by atoms with Crippen molar-refractivity contribution in [1.29, 1.82) is 0 Å². The fraction of sp³-hybridized carbons (Fsp3) is 0.556. The van der Waals surface area contributed by atoms with Gasteiger partial charge in [0.15, 0.2) is 11.6 Å². The summed E-state index contributed by atoms with van der Waals surface area (Å²) in [6.45, 7) is 2.07. The van der Waals surface area contributed by atoms with Crippen LogP contribution in [0.4, 0.5) is 8.78 Å².